The third-order valence-corrected chi connectivity index (χ3v) is 4.22. The lowest BCUT2D eigenvalue weighted by molar-refractivity contribution is -0.119. The molecule has 6 nitrogen and oxygen atoms in total. The lowest BCUT2D eigenvalue weighted by Gasteiger charge is -2.20. The Morgan fingerprint density at radius 1 is 1.19 bits per heavy atom. The van der Waals surface area contributed by atoms with Crippen LogP contribution >= 0.6 is 0 Å². The van der Waals surface area contributed by atoms with Gasteiger partial charge in [0.25, 0.3) is 0 Å². The van der Waals surface area contributed by atoms with Crippen LogP contribution in [0.15, 0.2) is 54.7 Å². The van der Waals surface area contributed by atoms with Gasteiger partial charge in [0.1, 0.15) is 12.0 Å². The van der Waals surface area contributed by atoms with Crippen LogP contribution in [-0.4, -0.2) is 35.4 Å². The van der Waals surface area contributed by atoms with Gasteiger partial charge in [-0.15, -0.1) is 0 Å². The fraction of sp³-hybridized carbons (Fsp3) is 0.250. The molecule has 2 aromatic carbocycles. The van der Waals surface area contributed by atoms with Crippen LogP contribution in [0.3, 0.4) is 0 Å². The summed E-state index contributed by atoms with van der Waals surface area (Å²) in [5.41, 5.74) is 2.71. The van der Waals surface area contributed by atoms with Gasteiger partial charge in [-0.2, -0.15) is 0 Å². The van der Waals surface area contributed by atoms with E-state index in [2.05, 4.69) is 15.6 Å². The smallest absolute Gasteiger partial charge is 0.241 e. The van der Waals surface area contributed by atoms with Crippen molar-refractivity contribution in [2.75, 3.05) is 12.4 Å². The van der Waals surface area contributed by atoms with Crippen LogP contribution in [0.5, 0.6) is 5.75 Å². The molecule has 0 spiro atoms. The highest BCUT2D eigenvalue weighted by Crippen LogP contribution is 2.20. The number of H-pyrrole nitrogens is 1. The van der Waals surface area contributed by atoms with Crippen molar-refractivity contribution in [1.82, 2.24) is 10.3 Å². The average Bonchev–Trinajstić information content (AvgIpc) is 3.04. The van der Waals surface area contributed by atoms with Gasteiger partial charge in [-0.1, -0.05) is 18.2 Å². The summed E-state index contributed by atoms with van der Waals surface area (Å²) in [5.74, 6) is 0.516. The molecule has 0 aliphatic rings. The number of rotatable bonds is 7. The first-order chi connectivity index (χ1) is 12.6. The van der Waals surface area contributed by atoms with Gasteiger partial charge in [0.2, 0.25) is 5.91 Å². The number of ether oxygens (including phenoxy) is 1. The summed E-state index contributed by atoms with van der Waals surface area (Å²) >= 11 is 0. The average molecular weight is 353 g/mol. The van der Waals surface area contributed by atoms with E-state index in [0.717, 1.165) is 22.2 Å². The number of amides is 1. The Balaban J connectivity index is 1.77. The van der Waals surface area contributed by atoms with Crippen LogP contribution in [0.25, 0.3) is 10.9 Å². The van der Waals surface area contributed by atoms with Crippen molar-refractivity contribution < 1.29 is 14.6 Å². The molecule has 1 amide bonds. The first kappa shape index (κ1) is 18.0. The molecule has 4 N–H and O–H groups in total. The van der Waals surface area contributed by atoms with Gasteiger partial charge in [-0.3, -0.25) is 10.1 Å². The Morgan fingerprint density at radius 3 is 2.62 bits per heavy atom. The van der Waals surface area contributed by atoms with E-state index in [0.29, 0.717) is 12.1 Å². The minimum atomic E-state index is -0.799. The molecule has 2 unspecified atom stereocenters. The van der Waals surface area contributed by atoms with Crippen molar-refractivity contribution in [2.45, 2.75) is 25.6 Å². The van der Waals surface area contributed by atoms with E-state index in [9.17, 15) is 9.90 Å². The minimum absolute atomic E-state index is 0.207. The number of fused-ring (bicyclic) bond motifs is 1. The van der Waals surface area contributed by atoms with E-state index in [1.807, 2.05) is 30.5 Å². The zero-order valence-electron chi connectivity index (χ0n) is 14.8. The number of hydrogen-bond acceptors (Lipinski definition) is 4. The van der Waals surface area contributed by atoms with E-state index in [1.54, 1.807) is 38.3 Å². The Labute approximate surface area is 152 Å². The number of aromatic nitrogens is 1. The van der Waals surface area contributed by atoms with Crippen molar-refractivity contribution in [3.8, 4) is 5.75 Å². The second kappa shape index (κ2) is 8.03. The molecule has 3 aromatic rings. The molecule has 6 heteroatoms. The predicted molar refractivity (Wildman–Crippen MR) is 102 cm³/mol. The second-order valence-corrected chi connectivity index (χ2v) is 6.18. The summed E-state index contributed by atoms with van der Waals surface area (Å²) in [6.45, 7) is 1.60. The third kappa shape index (κ3) is 4.22. The molecule has 0 fully saturated rings. The van der Waals surface area contributed by atoms with Gasteiger partial charge in [0.05, 0.1) is 13.2 Å². The number of carbonyl (C=O) groups excluding carboxylic acids is 1. The van der Waals surface area contributed by atoms with Crippen molar-refractivity contribution in [2.24, 2.45) is 0 Å². The number of para-hydroxylation sites is 1. The number of aliphatic hydroxyl groups is 1. The van der Waals surface area contributed by atoms with Crippen molar-refractivity contribution in [1.29, 1.82) is 0 Å². The zero-order valence-corrected chi connectivity index (χ0v) is 14.8. The minimum Gasteiger partial charge on any atom is -0.497 e. The van der Waals surface area contributed by atoms with E-state index >= 15 is 0 Å². The molecule has 3 rings (SSSR count). The molecule has 26 heavy (non-hydrogen) atoms. The molecule has 0 saturated heterocycles. The van der Waals surface area contributed by atoms with Gasteiger partial charge >= 0.3 is 0 Å². The maximum atomic E-state index is 12.7. The zero-order chi connectivity index (χ0) is 18.5. The number of nitrogens with one attached hydrogen (secondary N) is 3. The quantitative estimate of drug-likeness (QED) is 0.492. The van der Waals surface area contributed by atoms with Crippen LogP contribution in [0.1, 0.15) is 12.5 Å². The maximum Gasteiger partial charge on any atom is 0.241 e. The van der Waals surface area contributed by atoms with Crippen LogP contribution in [-0.2, 0) is 11.2 Å². The largest absolute Gasteiger partial charge is 0.497 e. The summed E-state index contributed by atoms with van der Waals surface area (Å²) in [6, 6.07) is 14.5. The molecule has 2 atom stereocenters. The fourth-order valence-corrected chi connectivity index (χ4v) is 2.94. The SMILES string of the molecule is COc1ccc(NC(=O)C(Cc2c[nH]c3ccccc23)NC(C)O)cc1. The van der Waals surface area contributed by atoms with Crippen LogP contribution in [0.4, 0.5) is 5.69 Å². The van der Waals surface area contributed by atoms with Crippen LogP contribution in [0.2, 0.25) is 0 Å². The predicted octanol–water partition coefficient (Wildman–Crippen LogP) is 2.65. The number of anilines is 1. The normalized spacial score (nSPS) is 13.3. The van der Waals surface area contributed by atoms with Gasteiger partial charge in [-0.05, 0) is 49.2 Å². The summed E-state index contributed by atoms with van der Waals surface area (Å²) < 4.78 is 5.12. The van der Waals surface area contributed by atoms with Crippen molar-refractivity contribution in [3.63, 3.8) is 0 Å². The van der Waals surface area contributed by atoms with Crippen LogP contribution < -0.4 is 15.4 Å². The summed E-state index contributed by atoms with van der Waals surface area (Å²) in [5, 5.41) is 16.6. The first-order valence-corrected chi connectivity index (χ1v) is 8.51. The molecule has 0 bridgehead atoms. The van der Waals surface area contributed by atoms with E-state index in [1.165, 1.54) is 0 Å². The maximum absolute atomic E-state index is 12.7. The lowest BCUT2D eigenvalue weighted by Crippen LogP contribution is -2.46. The molecule has 0 aliphatic heterocycles. The first-order valence-electron chi connectivity index (χ1n) is 8.51. The fourth-order valence-electron chi connectivity index (χ4n) is 2.94. The summed E-state index contributed by atoms with van der Waals surface area (Å²) in [7, 11) is 1.59. The number of benzene rings is 2. The molecule has 0 saturated carbocycles. The van der Waals surface area contributed by atoms with E-state index < -0.39 is 12.3 Å². The number of aromatic amines is 1. The molecular formula is C20H23N3O3. The van der Waals surface area contributed by atoms with E-state index in [4.69, 9.17) is 4.74 Å². The number of methoxy groups -OCH3 is 1. The Kier molecular flexibility index (Phi) is 5.55. The van der Waals surface area contributed by atoms with Crippen molar-refractivity contribution in [3.05, 3.63) is 60.3 Å². The molecule has 136 valence electrons. The summed E-state index contributed by atoms with van der Waals surface area (Å²) in [6.07, 6.45) is 1.56. The molecule has 1 heterocycles. The highest BCUT2D eigenvalue weighted by atomic mass is 16.5. The monoisotopic (exact) mass is 353 g/mol. The molecular weight excluding hydrogens is 330 g/mol. The number of hydrogen-bond donors (Lipinski definition) is 4. The number of carbonyl (C=O) groups is 1. The lowest BCUT2D eigenvalue weighted by atomic mass is 10.0. The second-order valence-electron chi connectivity index (χ2n) is 6.18. The third-order valence-electron chi connectivity index (χ3n) is 4.22. The Hall–Kier alpha value is -2.83. The highest BCUT2D eigenvalue weighted by molar-refractivity contribution is 5.95. The Bertz CT molecular complexity index is 871. The number of aliphatic hydroxyl groups excluding tert-OH is 1. The van der Waals surface area contributed by atoms with Gasteiger partial charge in [0.15, 0.2) is 0 Å². The standard InChI is InChI=1S/C20H23N3O3/c1-13(24)22-19(11-14-12-21-18-6-4-3-5-17(14)18)20(25)23-15-7-9-16(26-2)10-8-15/h3-10,12-13,19,21-22,24H,11H2,1-2H3,(H,23,25). The van der Waals surface area contributed by atoms with E-state index in [-0.39, 0.29) is 5.91 Å². The Morgan fingerprint density at radius 2 is 1.92 bits per heavy atom. The van der Waals surface area contributed by atoms with Gasteiger partial charge in [0, 0.05) is 22.8 Å². The van der Waals surface area contributed by atoms with Crippen LogP contribution in [0, 0.1) is 0 Å². The summed E-state index contributed by atoms with van der Waals surface area (Å²) in [4.78, 5) is 16.0. The molecule has 1 aromatic heterocycles. The van der Waals surface area contributed by atoms with Gasteiger partial charge < -0.3 is 20.1 Å². The molecule has 0 radical (unpaired) electrons. The topological polar surface area (TPSA) is 86.4 Å². The van der Waals surface area contributed by atoms with Gasteiger partial charge in [-0.25, -0.2) is 0 Å². The van der Waals surface area contributed by atoms with Crippen molar-refractivity contribution >= 4 is 22.5 Å². The highest BCUT2D eigenvalue weighted by Gasteiger charge is 2.21. The molecule has 0 aliphatic carbocycles.